The second-order valence-corrected chi connectivity index (χ2v) is 5.37. The first kappa shape index (κ1) is 14.1. The van der Waals surface area contributed by atoms with E-state index in [4.69, 9.17) is 4.74 Å². The largest absolute Gasteiger partial charge is 0.466 e. The molecular weight excluding hydrogens is 236 g/mol. The van der Waals surface area contributed by atoms with E-state index in [-0.39, 0.29) is 18.1 Å². The van der Waals surface area contributed by atoms with E-state index in [0.717, 1.165) is 5.01 Å². The number of ether oxygens (including phenoxy) is 1. The van der Waals surface area contributed by atoms with Gasteiger partial charge in [-0.15, -0.1) is 11.3 Å². The first-order chi connectivity index (χ1) is 8.02. The van der Waals surface area contributed by atoms with Gasteiger partial charge in [0.25, 0.3) is 0 Å². The molecule has 0 aliphatic carbocycles. The van der Waals surface area contributed by atoms with Gasteiger partial charge in [-0.2, -0.15) is 0 Å². The molecule has 1 aromatic rings. The van der Waals surface area contributed by atoms with Gasteiger partial charge in [0.1, 0.15) is 5.01 Å². The van der Waals surface area contributed by atoms with Gasteiger partial charge in [0.05, 0.1) is 19.1 Å². The highest BCUT2D eigenvalue weighted by atomic mass is 32.1. The van der Waals surface area contributed by atoms with Crippen molar-refractivity contribution in [2.45, 2.75) is 46.2 Å². The first-order valence-corrected chi connectivity index (χ1v) is 6.68. The fourth-order valence-corrected chi connectivity index (χ4v) is 2.38. The second kappa shape index (κ2) is 6.71. The summed E-state index contributed by atoms with van der Waals surface area (Å²) in [5.74, 6) is -0.157. The topological polar surface area (TPSA) is 51.2 Å². The van der Waals surface area contributed by atoms with Gasteiger partial charge < -0.3 is 10.1 Å². The number of carbonyl (C=O) groups is 1. The van der Waals surface area contributed by atoms with Crippen molar-refractivity contribution >= 4 is 17.3 Å². The van der Waals surface area contributed by atoms with Gasteiger partial charge in [-0.3, -0.25) is 4.79 Å². The molecule has 96 valence electrons. The van der Waals surface area contributed by atoms with Crippen LogP contribution in [0, 0.1) is 6.92 Å². The van der Waals surface area contributed by atoms with Gasteiger partial charge >= 0.3 is 5.97 Å². The van der Waals surface area contributed by atoms with Crippen molar-refractivity contribution in [1.29, 1.82) is 0 Å². The van der Waals surface area contributed by atoms with Gasteiger partial charge in [-0.1, -0.05) is 0 Å². The number of esters is 1. The number of aryl methyl sites for hydroxylation is 1. The zero-order valence-corrected chi connectivity index (χ0v) is 11.6. The van der Waals surface area contributed by atoms with Crippen LogP contribution in [0.3, 0.4) is 0 Å². The Morgan fingerprint density at radius 2 is 2.29 bits per heavy atom. The fraction of sp³-hybridized carbons (Fsp3) is 0.667. The van der Waals surface area contributed by atoms with Gasteiger partial charge in [0.15, 0.2) is 0 Å². The molecule has 0 aliphatic heterocycles. The smallest absolute Gasteiger partial charge is 0.307 e. The summed E-state index contributed by atoms with van der Waals surface area (Å²) in [6.07, 6.45) is 2.26. The van der Waals surface area contributed by atoms with E-state index in [1.165, 1.54) is 4.88 Å². The molecule has 0 amide bonds. The van der Waals surface area contributed by atoms with Crippen LogP contribution in [-0.4, -0.2) is 23.6 Å². The number of carbonyl (C=O) groups excluding carboxylic acids is 1. The van der Waals surface area contributed by atoms with E-state index in [0.29, 0.717) is 13.0 Å². The summed E-state index contributed by atoms with van der Waals surface area (Å²) in [5.41, 5.74) is 0. The van der Waals surface area contributed by atoms with Crippen LogP contribution < -0.4 is 5.32 Å². The van der Waals surface area contributed by atoms with Crippen LogP contribution >= 0.6 is 11.3 Å². The van der Waals surface area contributed by atoms with Crippen molar-refractivity contribution < 1.29 is 9.53 Å². The van der Waals surface area contributed by atoms with Gasteiger partial charge in [0, 0.05) is 17.1 Å². The lowest BCUT2D eigenvalue weighted by Gasteiger charge is -2.17. The number of aromatic nitrogens is 1. The van der Waals surface area contributed by atoms with E-state index in [2.05, 4.69) is 17.2 Å². The van der Waals surface area contributed by atoms with E-state index < -0.39 is 0 Å². The van der Waals surface area contributed by atoms with Crippen LogP contribution in [0.1, 0.15) is 43.1 Å². The summed E-state index contributed by atoms with van der Waals surface area (Å²) in [4.78, 5) is 16.8. The summed E-state index contributed by atoms with van der Waals surface area (Å²) in [5, 5.41) is 4.40. The number of thiazole rings is 1. The Balaban J connectivity index is 2.40. The minimum atomic E-state index is -0.157. The Kier molecular flexibility index (Phi) is 5.58. The van der Waals surface area contributed by atoms with Crippen molar-refractivity contribution in [3.05, 3.63) is 16.1 Å². The highest BCUT2D eigenvalue weighted by Crippen LogP contribution is 2.19. The molecule has 4 nitrogen and oxygen atoms in total. The Labute approximate surface area is 106 Å². The summed E-state index contributed by atoms with van der Waals surface area (Å²) in [6.45, 7) is 8.33. The highest BCUT2D eigenvalue weighted by molar-refractivity contribution is 7.11. The first-order valence-electron chi connectivity index (χ1n) is 5.87. The Morgan fingerprint density at radius 3 is 2.82 bits per heavy atom. The predicted molar refractivity (Wildman–Crippen MR) is 69.1 cm³/mol. The third kappa shape index (κ3) is 4.83. The van der Waals surface area contributed by atoms with E-state index in [1.54, 1.807) is 11.3 Å². The lowest BCUT2D eigenvalue weighted by atomic mass is 10.2. The quantitative estimate of drug-likeness (QED) is 0.794. The van der Waals surface area contributed by atoms with E-state index in [9.17, 15) is 4.79 Å². The molecule has 0 saturated heterocycles. The molecule has 17 heavy (non-hydrogen) atoms. The van der Waals surface area contributed by atoms with Crippen LogP contribution in [0.5, 0.6) is 0 Å². The molecule has 0 bridgehead atoms. The molecule has 1 heterocycles. The van der Waals surface area contributed by atoms with Crippen LogP contribution in [0.4, 0.5) is 0 Å². The van der Waals surface area contributed by atoms with Crippen LogP contribution in [0.25, 0.3) is 0 Å². The molecular formula is C12H20N2O2S. The Hall–Kier alpha value is -0.940. The number of nitrogens with one attached hydrogen (secondary N) is 1. The maximum absolute atomic E-state index is 11.3. The SMILES string of the molecule is CCOC(=O)CC(C)NC(C)c1ncc(C)s1. The third-order valence-electron chi connectivity index (χ3n) is 2.32. The number of nitrogens with zero attached hydrogens (tertiary/aromatic N) is 1. The molecule has 0 aliphatic rings. The molecule has 1 aromatic heterocycles. The average Bonchev–Trinajstić information content (AvgIpc) is 2.64. The summed E-state index contributed by atoms with van der Waals surface area (Å²) < 4.78 is 4.91. The van der Waals surface area contributed by atoms with Crippen molar-refractivity contribution in [1.82, 2.24) is 10.3 Å². The van der Waals surface area contributed by atoms with Crippen molar-refractivity contribution in [2.75, 3.05) is 6.61 Å². The predicted octanol–water partition coefficient (Wildman–Crippen LogP) is 2.44. The molecule has 0 spiro atoms. The van der Waals surface area contributed by atoms with Gasteiger partial charge in [-0.05, 0) is 27.7 Å². The minimum absolute atomic E-state index is 0.0910. The molecule has 0 radical (unpaired) electrons. The summed E-state index contributed by atoms with van der Waals surface area (Å²) in [7, 11) is 0. The summed E-state index contributed by atoms with van der Waals surface area (Å²) >= 11 is 1.68. The molecule has 0 fully saturated rings. The van der Waals surface area contributed by atoms with E-state index >= 15 is 0 Å². The molecule has 5 heteroatoms. The van der Waals surface area contributed by atoms with Crippen LogP contribution in [0.2, 0.25) is 0 Å². The van der Waals surface area contributed by atoms with Gasteiger partial charge in [0.2, 0.25) is 0 Å². The molecule has 2 atom stereocenters. The summed E-state index contributed by atoms with van der Waals surface area (Å²) in [6, 6.07) is 0.256. The zero-order chi connectivity index (χ0) is 12.8. The van der Waals surface area contributed by atoms with Crippen LogP contribution in [-0.2, 0) is 9.53 Å². The lowest BCUT2D eigenvalue weighted by Crippen LogP contribution is -2.31. The maximum atomic E-state index is 11.3. The maximum Gasteiger partial charge on any atom is 0.307 e. The van der Waals surface area contributed by atoms with E-state index in [1.807, 2.05) is 27.0 Å². The van der Waals surface area contributed by atoms with Crippen molar-refractivity contribution in [2.24, 2.45) is 0 Å². The van der Waals surface area contributed by atoms with Crippen LogP contribution in [0.15, 0.2) is 6.20 Å². The lowest BCUT2D eigenvalue weighted by molar-refractivity contribution is -0.143. The minimum Gasteiger partial charge on any atom is -0.466 e. The van der Waals surface area contributed by atoms with Crippen molar-refractivity contribution in [3.63, 3.8) is 0 Å². The fourth-order valence-electron chi connectivity index (χ4n) is 1.60. The number of hydrogen-bond donors (Lipinski definition) is 1. The third-order valence-corrected chi connectivity index (χ3v) is 3.42. The second-order valence-electron chi connectivity index (χ2n) is 4.11. The standard InChI is InChI=1S/C12H20N2O2S/c1-5-16-11(15)6-8(2)14-10(4)12-13-7-9(3)17-12/h7-8,10,14H,5-6H2,1-4H3. The normalized spacial score (nSPS) is 14.4. The molecule has 1 rings (SSSR count). The molecule has 2 unspecified atom stereocenters. The monoisotopic (exact) mass is 256 g/mol. The Morgan fingerprint density at radius 1 is 1.59 bits per heavy atom. The molecule has 1 N–H and O–H groups in total. The average molecular weight is 256 g/mol. The van der Waals surface area contributed by atoms with Gasteiger partial charge in [-0.25, -0.2) is 4.98 Å². The number of rotatable bonds is 6. The zero-order valence-electron chi connectivity index (χ0n) is 10.8. The van der Waals surface area contributed by atoms with Crippen molar-refractivity contribution in [3.8, 4) is 0 Å². The molecule has 0 saturated carbocycles. The molecule has 0 aromatic carbocycles. The Bertz CT molecular complexity index is 365. The number of hydrogen-bond acceptors (Lipinski definition) is 5. The highest BCUT2D eigenvalue weighted by Gasteiger charge is 2.15.